The Morgan fingerprint density at radius 1 is 1.13 bits per heavy atom. The van der Waals surface area contributed by atoms with Crippen molar-refractivity contribution in [3.05, 3.63) is 102 Å². The first-order valence-electron chi connectivity index (χ1n) is 9.75. The smallest absolute Gasteiger partial charge is 0.289 e. The lowest BCUT2D eigenvalue weighted by Crippen LogP contribution is -2.18. The molecule has 31 heavy (non-hydrogen) atoms. The fourth-order valence-corrected chi connectivity index (χ4v) is 2.84. The Bertz CT molecular complexity index is 1170. The molecule has 2 N–H and O–H groups in total. The molecule has 0 spiro atoms. The van der Waals surface area contributed by atoms with Crippen LogP contribution in [0.25, 0.3) is 11.3 Å². The summed E-state index contributed by atoms with van der Waals surface area (Å²) >= 11 is 0. The minimum Gasteiger partial charge on any atom is -0.489 e. The molecule has 4 aromatic rings. The van der Waals surface area contributed by atoms with E-state index in [1.807, 2.05) is 30.3 Å². The number of aromatic nitrogens is 3. The molecule has 1 amide bonds. The first kappa shape index (κ1) is 20.0. The molecule has 154 valence electrons. The van der Waals surface area contributed by atoms with Gasteiger partial charge in [0.15, 0.2) is 0 Å². The number of carbonyl (C=O) groups is 1. The van der Waals surface area contributed by atoms with Crippen molar-refractivity contribution in [1.29, 1.82) is 0 Å². The molecule has 7 heteroatoms. The van der Waals surface area contributed by atoms with Gasteiger partial charge in [0, 0.05) is 23.5 Å². The number of ether oxygens (including phenoxy) is 1. The Kier molecular flexibility index (Phi) is 6.13. The van der Waals surface area contributed by atoms with Gasteiger partial charge < -0.3 is 4.74 Å². The van der Waals surface area contributed by atoms with Crippen LogP contribution in [-0.2, 0) is 6.61 Å². The van der Waals surface area contributed by atoms with Gasteiger partial charge in [0.1, 0.15) is 18.1 Å². The molecule has 0 bridgehead atoms. The Balaban J connectivity index is 1.34. The standard InChI is InChI=1S/C24H21N5O2/c1-17-4-6-18(7-5-17)16-31-21-10-8-20(9-11-21)22-13-23(28-27-22)24(30)29-26-15-19-3-2-12-25-14-19/h2-15H,16H2,1H3,(H,27,28)(H,29,30). The van der Waals surface area contributed by atoms with E-state index in [2.05, 4.69) is 56.9 Å². The number of nitrogens with one attached hydrogen (secondary N) is 2. The van der Waals surface area contributed by atoms with Crippen LogP contribution < -0.4 is 10.2 Å². The lowest BCUT2D eigenvalue weighted by atomic mass is 10.1. The average Bonchev–Trinajstić information content (AvgIpc) is 3.30. The highest BCUT2D eigenvalue weighted by Crippen LogP contribution is 2.22. The number of rotatable bonds is 7. The van der Waals surface area contributed by atoms with Gasteiger partial charge in [0.05, 0.1) is 11.9 Å². The van der Waals surface area contributed by atoms with Crippen molar-refractivity contribution in [3.8, 4) is 17.0 Å². The van der Waals surface area contributed by atoms with Crippen LogP contribution in [0.5, 0.6) is 5.75 Å². The molecule has 0 atom stereocenters. The van der Waals surface area contributed by atoms with E-state index in [9.17, 15) is 4.79 Å². The summed E-state index contributed by atoms with van der Waals surface area (Å²) in [6.45, 7) is 2.56. The molecule has 2 aromatic carbocycles. The Hall–Kier alpha value is -4.26. The number of hydrazone groups is 1. The van der Waals surface area contributed by atoms with Gasteiger partial charge in [-0.3, -0.25) is 14.9 Å². The van der Waals surface area contributed by atoms with Crippen LogP contribution in [0.2, 0.25) is 0 Å². The van der Waals surface area contributed by atoms with Crippen molar-refractivity contribution >= 4 is 12.1 Å². The Morgan fingerprint density at radius 2 is 1.94 bits per heavy atom. The number of pyridine rings is 1. The van der Waals surface area contributed by atoms with Crippen LogP contribution in [-0.4, -0.2) is 27.3 Å². The van der Waals surface area contributed by atoms with Crippen molar-refractivity contribution < 1.29 is 9.53 Å². The number of hydrogen-bond donors (Lipinski definition) is 2. The van der Waals surface area contributed by atoms with E-state index in [-0.39, 0.29) is 5.91 Å². The molecular weight excluding hydrogens is 390 g/mol. The van der Waals surface area contributed by atoms with E-state index in [0.717, 1.165) is 22.4 Å². The highest BCUT2D eigenvalue weighted by molar-refractivity contribution is 5.94. The first-order chi connectivity index (χ1) is 15.2. The van der Waals surface area contributed by atoms with Crippen LogP contribution in [0.15, 0.2) is 84.2 Å². The summed E-state index contributed by atoms with van der Waals surface area (Å²) in [4.78, 5) is 16.2. The lowest BCUT2D eigenvalue weighted by Gasteiger charge is -2.07. The van der Waals surface area contributed by atoms with E-state index in [0.29, 0.717) is 18.0 Å². The number of amides is 1. The zero-order valence-electron chi connectivity index (χ0n) is 16.9. The number of hydrogen-bond acceptors (Lipinski definition) is 5. The minimum atomic E-state index is -0.378. The predicted octanol–water partition coefficient (Wildman–Crippen LogP) is 4.12. The normalized spacial score (nSPS) is 10.9. The zero-order valence-corrected chi connectivity index (χ0v) is 16.9. The molecule has 0 radical (unpaired) electrons. The minimum absolute atomic E-state index is 0.318. The highest BCUT2D eigenvalue weighted by atomic mass is 16.5. The largest absolute Gasteiger partial charge is 0.489 e. The van der Waals surface area contributed by atoms with Crippen LogP contribution in [0.3, 0.4) is 0 Å². The zero-order chi connectivity index (χ0) is 21.5. The van der Waals surface area contributed by atoms with Crippen molar-refractivity contribution in [1.82, 2.24) is 20.6 Å². The van der Waals surface area contributed by atoms with Gasteiger partial charge in [0.2, 0.25) is 0 Å². The summed E-state index contributed by atoms with van der Waals surface area (Å²) in [5.41, 5.74) is 7.44. The topological polar surface area (TPSA) is 92.3 Å². The van der Waals surface area contributed by atoms with E-state index in [1.54, 1.807) is 24.5 Å². The van der Waals surface area contributed by atoms with Crippen molar-refractivity contribution in [2.75, 3.05) is 0 Å². The summed E-state index contributed by atoms with van der Waals surface area (Å²) in [5, 5.41) is 10.9. The van der Waals surface area contributed by atoms with E-state index in [4.69, 9.17) is 4.74 Å². The van der Waals surface area contributed by atoms with Gasteiger partial charge in [-0.25, -0.2) is 5.43 Å². The third-order valence-electron chi connectivity index (χ3n) is 4.56. The highest BCUT2D eigenvalue weighted by Gasteiger charge is 2.10. The van der Waals surface area contributed by atoms with Gasteiger partial charge in [-0.05, 0) is 48.9 Å². The molecule has 0 saturated heterocycles. The second-order valence-corrected chi connectivity index (χ2v) is 6.95. The second-order valence-electron chi connectivity index (χ2n) is 6.95. The fraction of sp³-hybridized carbons (Fsp3) is 0.0833. The molecule has 0 aliphatic heterocycles. The lowest BCUT2D eigenvalue weighted by molar-refractivity contribution is 0.0950. The van der Waals surface area contributed by atoms with Gasteiger partial charge in [0.25, 0.3) is 5.91 Å². The molecule has 0 saturated carbocycles. The van der Waals surface area contributed by atoms with Crippen LogP contribution in [0, 0.1) is 6.92 Å². The molecule has 0 unspecified atom stereocenters. The average molecular weight is 411 g/mol. The fourth-order valence-electron chi connectivity index (χ4n) is 2.84. The second kappa shape index (κ2) is 9.49. The molecule has 4 rings (SSSR count). The van der Waals surface area contributed by atoms with E-state index >= 15 is 0 Å². The number of benzene rings is 2. The number of aromatic amines is 1. The molecular formula is C24H21N5O2. The van der Waals surface area contributed by atoms with E-state index in [1.165, 1.54) is 11.8 Å². The third kappa shape index (κ3) is 5.42. The van der Waals surface area contributed by atoms with Gasteiger partial charge in [-0.15, -0.1) is 0 Å². The molecule has 2 heterocycles. The monoisotopic (exact) mass is 411 g/mol. The summed E-state index contributed by atoms with van der Waals surface area (Å²) in [6, 6.07) is 21.1. The quantitative estimate of drug-likeness (QED) is 0.353. The van der Waals surface area contributed by atoms with Crippen LogP contribution >= 0.6 is 0 Å². The molecule has 7 nitrogen and oxygen atoms in total. The van der Waals surface area contributed by atoms with Crippen molar-refractivity contribution in [2.45, 2.75) is 13.5 Å². The molecule has 0 aliphatic rings. The number of nitrogens with zero attached hydrogens (tertiary/aromatic N) is 3. The van der Waals surface area contributed by atoms with Crippen molar-refractivity contribution in [2.24, 2.45) is 5.10 Å². The SMILES string of the molecule is Cc1ccc(COc2ccc(-c3cc(C(=O)NN=Cc4cccnc4)[nH]n3)cc2)cc1. The molecule has 0 aliphatic carbocycles. The Labute approximate surface area is 179 Å². The van der Waals surface area contributed by atoms with Gasteiger partial charge >= 0.3 is 0 Å². The summed E-state index contributed by atoms with van der Waals surface area (Å²) in [5.74, 6) is 0.388. The first-order valence-corrected chi connectivity index (χ1v) is 9.75. The van der Waals surface area contributed by atoms with Crippen molar-refractivity contribution in [3.63, 3.8) is 0 Å². The third-order valence-corrected chi connectivity index (χ3v) is 4.56. The number of H-pyrrole nitrogens is 1. The maximum Gasteiger partial charge on any atom is 0.289 e. The number of aryl methyl sites for hydroxylation is 1. The molecule has 2 aromatic heterocycles. The molecule has 0 fully saturated rings. The van der Waals surface area contributed by atoms with Crippen LogP contribution in [0.4, 0.5) is 0 Å². The maximum absolute atomic E-state index is 12.2. The van der Waals surface area contributed by atoms with E-state index < -0.39 is 0 Å². The van der Waals surface area contributed by atoms with Gasteiger partial charge in [-0.2, -0.15) is 10.2 Å². The summed E-state index contributed by atoms with van der Waals surface area (Å²) in [6.07, 6.45) is 4.85. The number of carbonyl (C=O) groups excluding carboxylic acids is 1. The van der Waals surface area contributed by atoms with Crippen LogP contribution in [0.1, 0.15) is 27.2 Å². The predicted molar refractivity (Wildman–Crippen MR) is 119 cm³/mol. The summed E-state index contributed by atoms with van der Waals surface area (Å²) < 4.78 is 5.83. The summed E-state index contributed by atoms with van der Waals surface area (Å²) in [7, 11) is 0. The maximum atomic E-state index is 12.2. The van der Waals surface area contributed by atoms with Gasteiger partial charge in [-0.1, -0.05) is 35.9 Å². The Morgan fingerprint density at radius 3 is 2.68 bits per heavy atom.